The molecule has 0 aliphatic rings. The fourth-order valence-electron chi connectivity index (χ4n) is 1.76. The second kappa shape index (κ2) is 10.4. The van der Waals surface area contributed by atoms with Crippen LogP contribution >= 0.6 is 34.0 Å². The molecule has 1 rings (SSSR count). The fraction of sp³-hybridized carbons (Fsp3) is 0.400. The number of amidine groups is 1. The lowest BCUT2D eigenvalue weighted by Crippen LogP contribution is -2.51. The van der Waals surface area contributed by atoms with Crippen LogP contribution in [0.3, 0.4) is 0 Å². The third-order valence-electron chi connectivity index (χ3n) is 2.98. The molecular weight excluding hydrogens is 386 g/mol. The molecule has 0 radical (unpaired) electrons. The Labute approximate surface area is 161 Å². The lowest BCUT2D eigenvalue weighted by atomic mass is 10.0. The number of aliphatic carboxylic acids is 1. The summed E-state index contributed by atoms with van der Waals surface area (Å²) in [6.45, 7) is 4.69. The van der Waals surface area contributed by atoms with Crippen LogP contribution < -0.4 is 15.4 Å². The molecule has 0 spiro atoms. The minimum absolute atomic E-state index is 0. The zero-order chi connectivity index (χ0) is 18.3. The van der Waals surface area contributed by atoms with Crippen molar-refractivity contribution in [1.82, 2.24) is 5.32 Å². The number of hydrogen-bond acceptors (Lipinski definition) is 6. The van der Waals surface area contributed by atoms with E-state index < -0.39 is 22.7 Å². The molecule has 1 unspecified atom stereocenters. The number of carboxylic acid groups (broad SMARTS) is 1. The topological polar surface area (TPSA) is 112 Å². The summed E-state index contributed by atoms with van der Waals surface area (Å²) in [5.41, 5.74) is 0.725. The summed E-state index contributed by atoms with van der Waals surface area (Å²) in [7, 11) is 3.88. The van der Waals surface area contributed by atoms with E-state index in [1.54, 1.807) is 45.2 Å². The van der Waals surface area contributed by atoms with Crippen molar-refractivity contribution in [3.63, 3.8) is 0 Å². The summed E-state index contributed by atoms with van der Waals surface area (Å²) in [6, 6.07) is 6.05. The number of carbonyl (C=O) groups is 2. The summed E-state index contributed by atoms with van der Waals surface area (Å²) in [5, 5.41) is 22.7. The number of nitrogens with one attached hydrogen (secondary N) is 3. The Morgan fingerprint density at radius 2 is 1.84 bits per heavy atom. The molecule has 0 aromatic heterocycles. The summed E-state index contributed by atoms with van der Waals surface area (Å²) >= 11 is 0. The van der Waals surface area contributed by atoms with Crippen molar-refractivity contribution < 1.29 is 19.4 Å². The van der Waals surface area contributed by atoms with Gasteiger partial charge >= 0.3 is 5.97 Å². The van der Waals surface area contributed by atoms with Crippen molar-refractivity contribution in [2.24, 2.45) is 0 Å². The number of hydrogen-bond donors (Lipinski definition) is 4. The van der Waals surface area contributed by atoms with Gasteiger partial charge in [-0.05, 0) is 48.9 Å². The quantitative estimate of drug-likeness (QED) is 0.312. The zero-order valence-electron chi connectivity index (χ0n) is 14.3. The Kier molecular flexibility index (Phi) is 9.76. The molecule has 1 amide bonds. The van der Waals surface area contributed by atoms with Crippen LogP contribution in [-0.2, 0) is 9.59 Å². The molecule has 7 nitrogen and oxygen atoms in total. The van der Waals surface area contributed by atoms with E-state index in [9.17, 15) is 14.7 Å². The van der Waals surface area contributed by atoms with Gasteiger partial charge in [-0.1, -0.05) is 10.8 Å². The predicted octanol–water partition coefficient (Wildman–Crippen LogP) is 3.21. The minimum Gasteiger partial charge on any atom is -0.497 e. The van der Waals surface area contributed by atoms with Gasteiger partial charge in [0.05, 0.1) is 11.9 Å². The smallest absolute Gasteiger partial charge is 0.327 e. The number of halogens is 1. The molecule has 0 aliphatic heterocycles. The van der Waals surface area contributed by atoms with Crippen LogP contribution in [0.15, 0.2) is 24.3 Å². The van der Waals surface area contributed by atoms with Crippen LogP contribution in [0.5, 0.6) is 5.75 Å². The number of methoxy groups -OCH3 is 1. The molecule has 1 aromatic carbocycles. The molecule has 0 aliphatic carbocycles. The molecule has 0 saturated carbocycles. The number of carbonyl (C=O) groups excluding carboxylic acids is 1. The molecule has 140 valence electrons. The number of benzene rings is 1. The van der Waals surface area contributed by atoms with Gasteiger partial charge in [-0.15, -0.1) is 12.4 Å². The Morgan fingerprint density at radius 1 is 1.28 bits per heavy atom. The van der Waals surface area contributed by atoms with E-state index in [0.717, 1.165) is 22.2 Å². The number of anilines is 1. The molecule has 10 heteroatoms. The van der Waals surface area contributed by atoms with E-state index in [2.05, 4.69) is 10.6 Å². The number of ether oxygens (including phenoxy) is 1. The number of rotatable bonds is 7. The van der Waals surface area contributed by atoms with Crippen LogP contribution in [0.2, 0.25) is 0 Å². The summed E-state index contributed by atoms with van der Waals surface area (Å²) in [6.07, 6.45) is 0. The molecule has 0 bridgehead atoms. The summed E-state index contributed by atoms with van der Waals surface area (Å²) < 4.78 is 4.26. The fourth-order valence-corrected chi connectivity index (χ4v) is 3.78. The molecular formula is C15H22ClN3O4S2. The van der Waals surface area contributed by atoms with Crippen LogP contribution in [0.25, 0.3) is 0 Å². The van der Waals surface area contributed by atoms with Crippen LogP contribution in [0.1, 0.15) is 20.8 Å². The highest BCUT2D eigenvalue weighted by atomic mass is 35.5. The highest BCUT2D eigenvalue weighted by molar-refractivity contribution is 8.82. The molecule has 0 heterocycles. The van der Waals surface area contributed by atoms with Gasteiger partial charge in [-0.2, -0.15) is 0 Å². The van der Waals surface area contributed by atoms with Gasteiger partial charge in [0.2, 0.25) is 5.91 Å². The average Bonchev–Trinajstić information content (AvgIpc) is 2.51. The Hall–Kier alpha value is -1.58. The standard InChI is InChI=1S/C15H21N3O4S2.ClH/c1-9(19)17-12(13(20)21)15(2,3)24-23-14(16)18-10-5-7-11(22-4)8-6-10;/h5-8,12H,1-4H3,(H2,16,18)(H,17,19)(H,20,21);1H. The van der Waals surface area contributed by atoms with E-state index >= 15 is 0 Å². The normalized spacial score (nSPS) is 11.7. The molecule has 0 saturated heterocycles. The third kappa shape index (κ3) is 7.89. The van der Waals surface area contributed by atoms with Crippen molar-refractivity contribution in [2.45, 2.75) is 31.6 Å². The van der Waals surface area contributed by atoms with Crippen LogP contribution in [-0.4, -0.2) is 40.0 Å². The third-order valence-corrected chi connectivity index (χ3v) is 6.03. The largest absolute Gasteiger partial charge is 0.497 e. The Balaban J connectivity index is 0.00000576. The van der Waals surface area contributed by atoms with Gasteiger partial charge in [0.1, 0.15) is 11.8 Å². The molecule has 25 heavy (non-hydrogen) atoms. The van der Waals surface area contributed by atoms with Crippen molar-refractivity contribution in [1.29, 1.82) is 5.41 Å². The molecule has 4 N–H and O–H groups in total. The van der Waals surface area contributed by atoms with Crippen molar-refractivity contribution >= 4 is 56.7 Å². The van der Waals surface area contributed by atoms with E-state index in [-0.39, 0.29) is 17.6 Å². The first kappa shape index (κ1) is 23.4. The number of carboxylic acids is 1. The Bertz CT molecular complexity index is 611. The van der Waals surface area contributed by atoms with Crippen molar-refractivity contribution in [2.75, 3.05) is 12.4 Å². The van der Waals surface area contributed by atoms with Crippen LogP contribution in [0.4, 0.5) is 5.69 Å². The number of amides is 1. The first-order chi connectivity index (χ1) is 11.2. The highest BCUT2D eigenvalue weighted by Gasteiger charge is 2.37. The van der Waals surface area contributed by atoms with Gasteiger partial charge in [0.15, 0.2) is 5.17 Å². The van der Waals surface area contributed by atoms with Crippen LogP contribution in [0, 0.1) is 5.41 Å². The van der Waals surface area contributed by atoms with Crippen molar-refractivity contribution in [3.8, 4) is 5.75 Å². The lowest BCUT2D eigenvalue weighted by Gasteiger charge is -2.30. The van der Waals surface area contributed by atoms with Gasteiger partial charge in [-0.3, -0.25) is 10.2 Å². The minimum atomic E-state index is -1.11. The van der Waals surface area contributed by atoms with E-state index in [1.165, 1.54) is 17.7 Å². The Morgan fingerprint density at radius 3 is 2.28 bits per heavy atom. The maximum absolute atomic E-state index is 11.4. The monoisotopic (exact) mass is 407 g/mol. The van der Waals surface area contributed by atoms with E-state index in [0.29, 0.717) is 0 Å². The first-order valence-corrected chi connectivity index (χ1v) is 9.16. The van der Waals surface area contributed by atoms with E-state index in [4.69, 9.17) is 10.1 Å². The zero-order valence-corrected chi connectivity index (χ0v) is 16.7. The second-order valence-electron chi connectivity index (χ2n) is 5.42. The maximum atomic E-state index is 11.4. The van der Waals surface area contributed by atoms with Gasteiger partial charge in [0.25, 0.3) is 0 Å². The van der Waals surface area contributed by atoms with Crippen molar-refractivity contribution in [3.05, 3.63) is 24.3 Å². The van der Waals surface area contributed by atoms with E-state index in [1.807, 2.05) is 0 Å². The maximum Gasteiger partial charge on any atom is 0.327 e. The van der Waals surface area contributed by atoms with Gasteiger partial charge in [0, 0.05) is 12.6 Å². The molecule has 0 fully saturated rings. The second-order valence-corrected chi connectivity index (χ2v) is 8.22. The lowest BCUT2D eigenvalue weighted by molar-refractivity contribution is -0.142. The highest BCUT2D eigenvalue weighted by Crippen LogP contribution is 2.39. The average molecular weight is 408 g/mol. The SMILES string of the molecule is COc1ccc(NC(=N)SSC(C)(C)C(NC(C)=O)C(=O)O)cc1.Cl. The van der Waals surface area contributed by atoms with Gasteiger partial charge in [-0.25, -0.2) is 4.79 Å². The summed E-state index contributed by atoms with van der Waals surface area (Å²) in [5.74, 6) is -0.805. The first-order valence-electron chi connectivity index (χ1n) is 7.01. The summed E-state index contributed by atoms with van der Waals surface area (Å²) in [4.78, 5) is 22.5. The molecule has 1 atom stereocenters. The predicted molar refractivity (Wildman–Crippen MR) is 106 cm³/mol. The van der Waals surface area contributed by atoms with Gasteiger partial charge < -0.3 is 20.5 Å². The molecule has 1 aromatic rings.